The number of aryl methyl sites for hydroxylation is 1. The number of hydrogen-bond donors (Lipinski definition) is 0. The molecular weight excluding hydrogens is 354 g/mol. The van der Waals surface area contributed by atoms with Gasteiger partial charge in [-0.25, -0.2) is 4.98 Å². The maximum absolute atomic E-state index is 6.15. The molecule has 0 radical (unpaired) electrons. The standard InChI is InChI=1S/C23H30ClN3/c1-2-26-13-15-27(16-14-26)23-17-21(18-9-11-19(24)12-10-18)20-7-5-3-4-6-8-22(20)25-23/h9-12,17H,2-8,13-16H2,1H3. The molecule has 0 N–H and O–H groups in total. The Bertz CT molecular complexity index is 764. The molecule has 27 heavy (non-hydrogen) atoms. The molecule has 1 saturated heterocycles. The summed E-state index contributed by atoms with van der Waals surface area (Å²) in [6.07, 6.45) is 7.44. The van der Waals surface area contributed by atoms with E-state index in [0.717, 1.165) is 56.4 Å². The van der Waals surface area contributed by atoms with Gasteiger partial charge >= 0.3 is 0 Å². The van der Waals surface area contributed by atoms with Gasteiger partial charge in [0, 0.05) is 36.9 Å². The molecule has 0 spiro atoms. The second-order valence-corrected chi connectivity index (χ2v) is 8.23. The quantitative estimate of drug-likeness (QED) is 0.725. The lowest BCUT2D eigenvalue weighted by atomic mass is 9.90. The van der Waals surface area contributed by atoms with Crippen LogP contribution in [0, 0.1) is 0 Å². The van der Waals surface area contributed by atoms with Crippen LogP contribution in [-0.4, -0.2) is 42.6 Å². The largest absolute Gasteiger partial charge is 0.354 e. The van der Waals surface area contributed by atoms with Gasteiger partial charge in [-0.05, 0) is 67.1 Å². The number of piperazine rings is 1. The predicted molar refractivity (Wildman–Crippen MR) is 115 cm³/mol. The van der Waals surface area contributed by atoms with Gasteiger partial charge in [0.05, 0.1) is 0 Å². The molecule has 144 valence electrons. The van der Waals surface area contributed by atoms with Crippen molar-refractivity contribution >= 4 is 17.4 Å². The molecule has 4 rings (SSSR count). The Morgan fingerprint density at radius 3 is 2.33 bits per heavy atom. The number of likely N-dealkylation sites (N-methyl/N-ethyl adjacent to an activating group) is 1. The first-order valence-electron chi connectivity index (χ1n) is 10.5. The number of halogens is 1. The Hall–Kier alpha value is -1.58. The maximum Gasteiger partial charge on any atom is 0.129 e. The summed E-state index contributed by atoms with van der Waals surface area (Å²) in [7, 11) is 0. The van der Waals surface area contributed by atoms with Gasteiger partial charge in [0.15, 0.2) is 0 Å². The number of benzene rings is 1. The Morgan fingerprint density at radius 2 is 1.63 bits per heavy atom. The lowest BCUT2D eigenvalue weighted by Gasteiger charge is -2.35. The first kappa shape index (κ1) is 18.8. The van der Waals surface area contributed by atoms with E-state index in [2.05, 4.69) is 34.9 Å². The monoisotopic (exact) mass is 383 g/mol. The van der Waals surface area contributed by atoms with Gasteiger partial charge in [-0.15, -0.1) is 0 Å². The minimum atomic E-state index is 0.798. The smallest absolute Gasteiger partial charge is 0.129 e. The van der Waals surface area contributed by atoms with Crippen LogP contribution < -0.4 is 4.90 Å². The summed E-state index contributed by atoms with van der Waals surface area (Å²) in [6.45, 7) is 7.79. The number of hydrogen-bond acceptors (Lipinski definition) is 3. The minimum Gasteiger partial charge on any atom is -0.354 e. The van der Waals surface area contributed by atoms with Gasteiger partial charge in [0.2, 0.25) is 0 Å². The summed E-state index contributed by atoms with van der Waals surface area (Å²) in [6, 6.07) is 10.7. The summed E-state index contributed by atoms with van der Waals surface area (Å²) < 4.78 is 0. The number of anilines is 1. The fourth-order valence-corrected chi connectivity index (χ4v) is 4.51. The number of rotatable bonds is 3. The van der Waals surface area contributed by atoms with Crippen LogP contribution in [0.1, 0.15) is 43.9 Å². The fraction of sp³-hybridized carbons (Fsp3) is 0.522. The highest BCUT2D eigenvalue weighted by atomic mass is 35.5. The predicted octanol–water partition coefficient (Wildman–Crippen LogP) is 5.20. The maximum atomic E-state index is 6.15. The van der Waals surface area contributed by atoms with E-state index < -0.39 is 0 Å². The molecule has 0 bridgehead atoms. The molecule has 0 atom stereocenters. The molecular formula is C23H30ClN3. The van der Waals surface area contributed by atoms with E-state index in [9.17, 15) is 0 Å². The molecule has 4 heteroatoms. The molecule has 2 aromatic rings. The molecule has 3 nitrogen and oxygen atoms in total. The molecule has 1 aliphatic heterocycles. The summed E-state index contributed by atoms with van der Waals surface area (Å²) in [4.78, 5) is 10.2. The second-order valence-electron chi connectivity index (χ2n) is 7.80. The molecule has 1 aliphatic carbocycles. The van der Waals surface area contributed by atoms with Gasteiger partial charge in [-0.2, -0.15) is 0 Å². The van der Waals surface area contributed by atoms with E-state index in [1.54, 1.807) is 0 Å². The lowest BCUT2D eigenvalue weighted by Crippen LogP contribution is -2.46. The normalized spacial score (nSPS) is 18.7. The fourth-order valence-electron chi connectivity index (χ4n) is 4.39. The van der Waals surface area contributed by atoms with Crippen LogP contribution in [0.5, 0.6) is 0 Å². The summed E-state index contributed by atoms with van der Waals surface area (Å²) >= 11 is 6.15. The van der Waals surface area contributed by atoms with Crippen molar-refractivity contribution in [3.8, 4) is 11.1 Å². The molecule has 2 aliphatic rings. The molecule has 0 amide bonds. The average molecular weight is 384 g/mol. The molecule has 1 fully saturated rings. The van der Waals surface area contributed by atoms with Crippen LogP contribution in [0.4, 0.5) is 5.82 Å². The van der Waals surface area contributed by atoms with E-state index in [-0.39, 0.29) is 0 Å². The second kappa shape index (κ2) is 8.62. The van der Waals surface area contributed by atoms with Crippen LogP contribution in [0.25, 0.3) is 11.1 Å². The van der Waals surface area contributed by atoms with Crippen LogP contribution in [0.15, 0.2) is 30.3 Å². The minimum absolute atomic E-state index is 0.798. The third-order valence-electron chi connectivity index (χ3n) is 6.09. The highest BCUT2D eigenvalue weighted by Crippen LogP contribution is 2.33. The summed E-state index contributed by atoms with van der Waals surface area (Å²) in [5.41, 5.74) is 5.43. The van der Waals surface area contributed by atoms with Gasteiger partial charge in [0.25, 0.3) is 0 Å². The highest BCUT2D eigenvalue weighted by molar-refractivity contribution is 6.30. The van der Waals surface area contributed by atoms with Gasteiger partial charge in [-0.3, -0.25) is 0 Å². The van der Waals surface area contributed by atoms with Crippen molar-refractivity contribution < 1.29 is 0 Å². The number of pyridine rings is 1. The van der Waals surface area contributed by atoms with Crippen molar-refractivity contribution in [3.05, 3.63) is 46.6 Å². The molecule has 0 saturated carbocycles. The van der Waals surface area contributed by atoms with Crippen LogP contribution in [0.3, 0.4) is 0 Å². The Morgan fingerprint density at radius 1 is 0.926 bits per heavy atom. The Kier molecular flexibility index (Phi) is 5.99. The van der Waals surface area contributed by atoms with Gasteiger partial charge < -0.3 is 9.80 Å². The van der Waals surface area contributed by atoms with E-state index >= 15 is 0 Å². The van der Waals surface area contributed by atoms with E-state index in [1.165, 1.54) is 48.1 Å². The van der Waals surface area contributed by atoms with E-state index in [1.807, 2.05) is 12.1 Å². The molecule has 0 unspecified atom stereocenters. The molecule has 2 heterocycles. The zero-order valence-corrected chi connectivity index (χ0v) is 17.1. The average Bonchev–Trinajstić information content (AvgIpc) is 2.69. The van der Waals surface area contributed by atoms with E-state index in [4.69, 9.17) is 16.6 Å². The number of fused-ring (bicyclic) bond motifs is 1. The van der Waals surface area contributed by atoms with Gasteiger partial charge in [-0.1, -0.05) is 43.5 Å². The summed E-state index contributed by atoms with van der Waals surface area (Å²) in [5, 5.41) is 0.798. The van der Waals surface area contributed by atoms with E-state index in [0.29, 0.717) is 0 Å². The van der Waals surface area contributed by atoms with Crippen molar-refractivity contribution in [1.29, 1.82) is 0 Å². The topological polar surface area (TPSA) is 19.4 Å². The summed E-state index contributed by atoms with van der Waals surface area (Å²) in [5.74, 6) is 1.16. The number of aromatic nitrogens is 1. The molecule has 1 aromatic heterocycles. The zero-order chi connectivity index (χ0) is 18.6. The third-order valence-corrected chi connectivity index (χ3v) is 6.34. The zero-order valence-electron chi connectivity index (χ0n) is 16.4. The van der Waals surface area contributed by atoms with Crippen molar-refractivity contribution in [1.82, 2.24) is 9.88 Å². The van der Waals surface area contributed by atoms with Crippen LogP contribution in [0.2, 0.25) is 5.02 Å². The van der Waals surface area contributed by atoms with Crippen molar-refractivity contribution in [2.45, 2.75) is 45.4 Å². The lowest BCUT2D eigenvalue weighted by molar-refractivity contribution is 0.270. The first-order valence-corrected chi connectivity index (χ1v) is 10.9. The first-order chi connectivity index (χ1) is 13.2. The van der Waals surface area contributed by atoms with Crippen LogP contribution >= 0.6 is 11.6 Å². The highest BCUT2D eigenvalue weighted by Gasteiger charge is 2.21. The number of nitrogens with zero attached hydrogens (tertiary/aromatic N) is 3. The van der Waals surface area contributed by atoms with Gasteiger partial charge in [0.1, 0.15) is 5.82 Å². The Balaban J connectivity index is 1.73. The van der Waals surface area contributed by atoms with Crippen molar-refractivity contribution in [2.24, 2.45) is 0 Å². The SMILES string of the molecule is CCN1CCN(c2cc(-c3ccc(Cl)cc3)c3c(n2)CCCCCC3)CC1. The Labute approximate surface area is 168 Å². The molecule has 1 aromatic carbocycles. The van der Waals surface area contributed by atoms with Crippen LogP contribution in [-0.2, 0) is 12.8 Å². The van der Waals surface area contributed by atoms with Crippen molar-refractivity contribution in [3.63, 3.8) is 0 Å². The van der Waals surface area contributed by atoms with Crippen molar-refractivity contribution in [2.75, 3.05) is 37.6 Å². The third kappa shape index (κ3) is 4.30.